The lowest BCUT2D eigenvalue weighted by molar-refractivity contribution is 0.328. The van der Waals surface area contributed by atoms with Crippen LogP contribution in [0.4, 0.5) is 5.82 Å². The number of rotatable bonds is 2. The number of nitrogens with one attached hydrogen (secondary N) is 1. The molecule has 0 aliphatic carbocycles. The average molecular weight is 285 g/mol. The van der Waals surface area contributed by atoms with Crippen molar-refractivity contribution in [2.24, 2.45) is 13.0 Å². The average Bonchev–Trinajstić information content (AvgIpc) is 3.18. The van der Waals surface area contributed by atoms with Gasteiger partial charge in [0.25, 0.3) is 0 Å². The Morgan fingerprint density at radius 3 is 3.05 bits per heavy atom. The first-order valence-corrected chi connectivity index (χ1v) is 8.07. The van der Waals surface area contributed by atoms with E-state index in [2.05, 4.69) is 24.8 Å². The van der Waals surface area contributed by atoms with Crippen LogP contribution in [0.5, 0.6) is 0 Å². The Kier molecular flexibility index (Phi) is 3.30. The van der Waals surface area contributed by atoms with Crippen LogP contribution in [-0.2, 0) is 7.05 Å². The quantitative estimate of drug-likeness (QED) is 0.916. The second kappa shape index (κ2) is 5.30. The zero-order valence-electron chi connectivity index (χ0n) is 12.6. The molecule has 0 aromatic carbocycles. The lowest BCUT2D eigenvalue weighted by Gasteiger charge is -2.36. The Hall–Kier alpha value is -1.62. The maximum absolute atomic E-state index is 4.63. The molecule has 5 nitrogen and oxygen atoms in total. The molecule has 21 heavy (non-hydrogen) atoms. The zero-order chi connectivity index (χ0) is 14.2. The molecular formula is C16H23N5. The highest BCUT2D eigenvalue weighted by molar-refractivity contribution is 5.86. The lowest BCUT2D eigenvalue weighted by Crippen LogP contribution is -2.43. The number of piperidine rings is 1. The summed E-state index contributed by atoms with van der Waals surface area (Å²) < 4.78 is 2.07. The van der Waals surface area contributed by atoms with Crippen molar-refractivity contribution in [2.75, 3.05) is 24.5 Å². The standard InChI is InChI=1S/C16H23N5/c1-20-11-19-15-14(20)6-8-18-16(15)21-9-3-4-12(10-21)13-5-2-7-17-13/h6,8,11-13,17H,2-5,7,9-10H2,1H3. The summed E-state index contributed by atoms with van der Waals surface area (Å²) in [6.45, 7) is 3.40. The van der Waals surface area contributed by atoms with Crippen molar-refractivity contribution < 1.29 is 0 Å². The Bertz CT molecular complexity index is 629. The fourth-order valence-electron chi connectivity index (χ4n) is 3.92. The molecule has 2 fully saturated rings. The maximum Gasteiger partial charge on any atom is 0.156 e. The van der Waals surface area contributed by atoms with Gasteiger partial charge in [0.1, 0.15) is 5.52 Å². The van der Waals surface area contributed by atoms with Gasteiger partial charge in [-0.3, -0.25) is 0 Å². The molecule has 112 valence electrons. The van der Waals surface area contributed by atoms with Gasteiger partial charge in [0.05, 0.1) is 11.8 Å². The van der Waals surface area contributed by atoms with Crippen molar-refractivity contribution >= 4 is 16.9 Å². The molecule has 0 spiro atoms. The van der Waals surface area contributed by atoms with Crippen LogP contribution >= 0.6 is 0 Å². The number of nitrogens with zero attached hydrogens (tertiary/aromatic N) is 4. The zero-order valence-corrected chi connectivity index (χ0v) is 12.6. The number of anilines is 1. The van der Waals surface area contributed by atoms with E-state index in [-0.39, 0.29) is 0 Å². The van der Waals surface area contributed by atoms with Gasteiger partial charge in [-0.1, -0.05) is 0 Å². The molecule has 5 heteroatoms. The van der Waals surface area contributed by atoms with Gasteiger partial charge in [-0.25, -0.2) is 9.97 Å². The van der Waals surface area contributed by atoms with Gasteiger partial charge in [-0.2, -0.15) is 0 Å². The van der Waals surface area contributed by atoms with Crippen LogP contribution < -0.4 is 10.2 Å². The fourth-order valence-corrected chi connectivity index (χ4v) is 3.92. The Morgan fingerprint density at radius 2 is 2.19 bits per heavy atom. The van der Waals surface area contributed by atoms with E-state index in [0.717, 1.165) is 30.3 Å². The molecule has 2 aromatic rings. The van der Waals surface area contributed by atoms with E-state index in [1.807, 2.05) is 25.6 Å². The van der Waals surface area contributed by atoms with Crippen LogP contribution in [0, 0.1) is 5.92 Å². The fraction of sp³-hybridized carbons (Fsp3) is 0.625. The topological polar surface area (TPSA) is 46.0 Å². The lowest BCUT2D eigenvalue weighted by atomic mass is 9.90. The van der Waals surface area contributed by atoms with Crippen molar-refractivity contribution in [1.82, 2.24) is 19.9 Å². The van der Waals surface area contributed by atoms with E-state index in [0.29, 0.717) is 6.04 Å². The number of aromatic nitrogens is 3. The Balaban J connectivity index is 1.62. The van der Waals surface area contributed by atoms with E-state index in [4.69, 9.17) is 0 Å². The van der Waals surface area contributed by atoms with Crippen LogP contribution in [0.25, 0.3) is 11.0 Å². The first-order chi connectivity index (χ1) is 10.3. The molecule has 2 aromatic heterocycles. The van der Waals surface area contributed by atoms with E-state index >= 15 is 0 Å². The first-order valence-electron chi connectivity index (χ1n) is 8.07. The van der Waals surface area contributed by atoms with Crippen molar-refractivity contribution in [3.63, 3.8) is 0 Å². The second-order valence-electron chi connectivity index (χ2n) is 6.41. The van der Waals surface area contributed by atoms with Gasteiger partial charge in [-0.05, 0) is 44.2 Å². The second-order valence-corrected chi connectivity index (χ2v) is 6.41. The number of aryl methyl sites for hydroxylation is 1. The van der Waals surface area contributed by atoms with Crippen LogP contribution in [-0.4, -0.2) is 40.2 Å². The summed E-state index contributed by atoms with van der Waals surface area (Å²) in [6, 6.07) is 2.75. The van der Waals surface area contributed by atoms with Gasteiger partial charge in [0.2, 0.25) is 0 Å². The molecule has 2 atom stereocenters. The molecule has 4 heterocycles. The largest absolute Gasteiger partial charge is 0.354 e. The Labute approximate surface area is 125 Å². The van der Waals surface area contributed by atoms with Gasteiger partial charge >= 0.3 is 0 Å². The van der Waals surface area contributed by atoms with E-state index in [1.54, 1.807) is 0 Å². The molecule has 2 unspecified atom stereocenters. The van der Waals surface area contributed by atoms with Crippen LogP contribution in [0.1, 0.15) is 25.7 Å². The molecular weight excluding hydrogens is 262 g/mol. The molecule has 4 rings (SSSR count). The van der Waals surface area contributed by atoms with Gasteiger partial charge in [0.15, 0.2) is 5.82 Å². The predicted molar refractivity (Wildman–Crippen MR) is 84.5 cm³/mol. The summed E-state index contributed by atoms with van der Waals surface area (Å²) in [6.07, 6.45) is 9.06. The summed E-state index contributed by atoms with van der Waals surface area (Å²) in [7, 11) is 2.04. The molecule has 0 amide bonds. The molecule has 2 saturated heterocycles. The summed E-state index contributed by atoms with van der Waals surface area (Å²) in [4.78, 5) is 11.6. The highest BCUT2D eigenvalue weighted by atomic mass is 15.2. The summed E-state index contributed by atoms with van der Waals surface area (Å²) in [5.74, 6) is 1.82. The number of pyridine rings is 1. The highest BCUT2D eigenvalue weighted by Crippen LogP contribution is 2.30. The third-order valence-corrected chi connectivity index (χ3v) is 5.05. The van der Waals surface area contributed by atoms with E-state index < -0.39 is 0 Å². The van der Waals surface area contributed by atoms with Crippen LogP contribution in [0.2, 0.25) is 0 Å². The normalized spacial score (nSPS) is 26.6. The number of fused-ring (bicyclic) bond motifs is 1. The minimum absolute atomic E-state index is 0.704. The molecule has 0 radical (unpaired) electrons. The van der Waals surface area contributed by atoms with Gasteiger partial charge < -0.3 is 14.8 Å². The van der Waals surface area contributed by atoms with Crippen molar-refractivity contribution in [1.29, 1.82) is 0 Å². The van der Waals surface area contributed by atoms with Crippen molar-refractivity contribution in [3.8, 4) is 0 Å². The SMILES string of the molecule is Cn1cnc2c(N3CCCC(C4CCCN4)C3)nccc21. The molecule has 0 bridgehead atoms. The molecule has 2 aliphatic heterocycles. The maximum atomic E-state index is 4.63. The number of imidazole rings is 1. The minimum atomic E-state index is 0.704. The summed E-state index contributed by atoms with van der Waals surface area (Å²) >= 11 is 0. The number of hydrogen-bond donors (Lipinski definition) is 1. The summed E-state index contributed by atoms with van der Waals surface area (Å²) in [5, 5.41) is 3.67. The van der Waals surface area contributed by atoms with E-state index in [9.17, 15) is 0 Å². The van der Waals surface area contributed by atoms with Crippen LogP contribution in [0.15, 0.2) is 18.6 Å². The Morgan fingerprint density at radius 1 is 1.24 bits per heavy atom. The third kappa shape index (κ3) is 2.29. The van der Waals surface area contributed by atoms with Crippen molar-refractivity contribution in [2.45, 2.75) is 31.7 Å². The monoisotopic (exact) mass is 285 g/mol. The first kappa shape index (κ1) is 13.1. The van der Waals surface area contributed by atoms with E-state index in [1.165, 1.54) is 37.7 Å². The summed E-state index contributed by atoms with van der Waals surface area (Å²) in [5.41, 5.74) is 2.21. The molecule has 0 saturated carbocycles. The minimum Gasteiger partial charge on any atom is -0.354 e. The smallest absolute Gasteiger partial charge is 0.156 e. The van der Waals surface area contributed by atoms with Crippen LogP contribution in [0.3, 0.4) is 0 Å². The van der Waals surface area contributed by atoms with Gasteiger partial charge in [0, 0.05) is 32.4 Å². The van der Waals surface area contributed by atoms with Crippen molar-refractivity contribution in [3.05, 3.63) is 18.6 Å². The number of hydrogen-bond acceptors (Lipinski definition) is 4. The highest BCUT2D eigenvalue weighted by Gasteiger charge is 2.30. The van der Waals surface area contributed by atoms with Gasteiger partial charge in [-0.15, -0.1) is 0 Å². The third-order valence-electron chi connectivity index (χ3n) is 5.05. The predicted octanol–water partition coefficient (Wildman–Crippen LogP) is 1.94. The molecule has 2 aliphatic rings. The molecule has 1 N–H and O–H groups in total.